The van der Waals surface area contributed by atoms with Gasteiger partial charge in [-0.25, -0.2) is 0 Å². The van der Waals surface area contributed by atoms with Gasteiger partial charge in [0.2, 0.25) is 5.91 Å². The molecule has 4 heteroatoms. The molecule has 1 atom stereocenters. The van der Waals surface area contributed by atoms with Gasteiger partial charge in [0, 0.05) is 26.2 Å². The summed E-state index contributed by atoms with van der Waals surface area (Å²) in [6, 6.07) is 0.464. The molecule has 12 heavy (non-hydrogen) atoms. The molecule has 0 saturated carbocycles. The van der Waals surface area contributed by atoms with Crippen molar-refractivity contribution in [3.05, 3.63) is 0 Å². The van der Waals surface area contributed by atoms with E-state index in [-0.39, 0.29) is 12.5 Å². The predicted molar refractivity (Wildman–Crippen MR) is 45.9 cm³/mol. The largest absolute Gasteiger partial charge is 0.375 e. The Morgan fingerprint density at radius 3 is 3.00 bits per heavy atom. The number of amides is 1. The Bertz CT molecular complexity index is 161. The molecule has 0 aliphatic carbocycles. The van der Waals surface area contributed by atoms with E-state index in [1.165, 1.54) is 0 Å². The first-order valence-electron chi connectivity index (χ1n) is 4.22. The highest BCUT2D eigenvalue weighted by molar-refractivity contribution is 5.77. The van der Waals surface area contributed by atoms with Gasteiger partial charge in [0.05, 0.1) is 0 Å². The summed E-state index contributed by atoms with van der Waals surface area (Å²) in [5, 5.41) is 3.16. The quantitative estimate of drug-likeness (QED) is 0.621. The zero-order valence-electron chi connectivity index (χ0n) is 7.67. The molecule has 1 aliphatic heterocycles. The lowest BCUT2D eigenvalue weighted by molar-refractivity contribution is -0.134. The molecule has 0 spiro atoms. The van der Waals surface area contributed by atoms with Crippen molar-refractivity contribution < 1.29 is 9.53 Å². The van der Waals surface area contributed by atoms with Crippen LogP contribution in [-0.2, 0) is 9.53 Å². The highest BCUT2D eigenvalue weighted by Gasteiger charge is 2.24. The maximum atomic E-state index is 11.3. The molecule has 0 aromatic heterocycles. The van der Waals surface area contributed by atoms with Gasteiger partial charge in [0.15, 0.2) is 0 Å². The number of nitrogens with one attached hydrogen (secondary N) is 1. The number of ether oxygens (including phenoxy) is 1. The van der Waals surface area contributed by atoms with Crippen molar-refractivity contribution in [3.63, 3.8) is 0 Å². The topological polar surface area (TPSA) is 41.6 Å². The van der Waals surface area contributed by atoms with Gasteiger partial charge in [-0.3, -0.25) is 4.79 Å². The average Bonchev–Trinajstić information content (AvgIpc) is 2.52. The number of rotatable bonds is 3. The molecule has 1 saturated heterocycles. The minimum absolute atomic E-state index is 0.0928. The molecule has 4 nitrogen and oxygen atoms in total. The van der Waals surface area contributed by atoms with Gasteiger partial charge in [0.25, 0.3) is 0 Å². The van der Waals surface area contributed by atoms with Gasteiger partial charge in [-0.15, -0.1) is 0 Å². The molecular weight excluding hydrogens is 156 g/mol. The molecule has 1 N–H and O–H groups in total. The number of likely N-dealkylation sites (tertiary alicyclic amines) is 1. The summed E-state index contributed by atoms with van der Waals surface area (Å²) in [5.74, 6) is 0.0928. The van der Waals surface area contributed by atoms with Crippen molar-refractivity contribution in [2.24, 2.45) is 0 Å². The third-order valence-electron chi connectivity index (χ3n) is 2.22. The molecule has 1 aliphatic rings. The molecule has 1 unspecified atom stereocenters. The maximum Gasteiger partial charge on any atom is 0.248 e. The molecule has 1 fully saturated rings. The average molecular weight is 172 g/mol. The number of carbonyl (C=O) groups is 1. The minimum atomic E-state index is 0.0928. The second-order valence-corrected chi connectivity index (χ2v) is 3.05. The van der Waals surface area contributed by atoms with E-state index >= 15 is 0 Å². The summed E-state index contributed by atoms with van der Waals surface area (Å²) in [7, 11) is 3.47. The lowest BCUT2D eigenvalue weighted by Gasteiger charge is -2.15. The van der Waals surface area contributed by atoms with Crippen LogP contribution in [0.15, 0.2) is 0 Å². The zero-order valence-corrected chi connectivity index (χ0v) is 7.67. The third kappa shape index (κ3) is 2.19. The third-order valence-corrected chi connectivity index (χ3v) is 2.22. The molecular formula is C8H16N2O2. The lowest BCUT2D eigenvalue weighted by atomic mass is 10.3. The summed E-state index contributed by atoms with van der Waals surface area (Å²) in [5.41, 5.74) is 0. The van der Waals surface area contributed by atoms with Crippen LogP contribution >= 0.6 is 0 Å². The van der Waals surface area contributed by atoms with Gasteiger partial charge in [0.1, 0.15) is 6.61 Å². The first-order valence-corrected chi connectivity index (χ1v) is 4.22. The van der Waals surface area contributed by atoms with Gasteiger partial charge < -0.3 is 15.0 Å². The fourth-order valence-corrected chi connectivity index (χ4v) is 1.44. The molecule has 0 aromatic rings. The van der Waals surface area contributed by atoms with Crippen LogP contribution in [0.2, 0.25) is 0 Å². The Kier molecular flexibility index (Phi) is 3.49. The monoisotopic (exact) mass is 172 g/mol. The fraction of sp³-hybridized carbons (Fsp3) is 0.875. The standard InChI is InChI=1S/C8H16N2O2/c1-9-7-3-4-10(5-7)8(11)6-12-2/h7,9H,3-6H2,1-2H3. The number of hydrogen-bond acceptors (Lipinski definition) is 3. The Balaban J connectivity index is 2.31. The van der Waals surface area contributed by atoms with E-state index in [0.29, 0.717) is 6.04 Å². The Morgan fingerprint density at radius 2 is 2.50 bits per heavy atom. The number of methoxy groups -OCH3 is 1. The Morgan fingerprint density at radius 1 is 1.75 bits per heavy atom. The van der Waals surface area contributed by atoms with Crippen LogP contribution in [-0.4, -0.2) is 50.7 Å². The fourth-order valence-electron chi connectivity index (χ4n) is 1.44. The van der Waals surface area contributed by atoms with Crippen LogP contribution in [0.5, 0.6) is 0 Å². The van der Waals surface area contributed by atoms with Crippen LogP contribution in [0.4, 0.5) is 0 Å². The van der Waals surface area contributed by atoms with E-state index in [2.05, 4.69) is 5.32 Å². The molecule has 1 rings (SSSR count). The SMILES string of the molecule is CNC1CCN(C(=O)COC)C1. The maximum absolute atomic E-state index is 11.3. The summed E-state index contributed by atoms with van der Waals surface area (Å²) < 4.78 is 4.77. The van der Waals surface area contributed by atoms with Crippen LogP contribution in [0, 0.1) is 0 Å². The van der Waals surface area contributed by atoms with Gasteiger partial charge in [-0.05, 0) is 13.5 Å². The Labute approximate surface area is 72.9 Å². The van der Waals surface area contributed by atoms with Crippen molar-refractivity contribution in [2.45, 2.75) is 12.5 Å². The summed E-state index contributed by atoms with van der Waals surface area (Å²) in [6.45, 7) is 1.88. The zero-order chi connectivity index (χ0) is 8.97. The Hall–Kier alpha value is -0.610. The smallest absolute Gasteiger partial charge is 0.248 e. The number of carbonyl (C=O) groups excluding carboxylic acids is 1. The van der Waals surface area contributed by atoms with E-state index < -0.39 is 0 Å². The highest BCUT2D eigenvalue weighted by Crippen LogP contribution is 2.08. The van der Waals surface area contributed by atoms with Crippen LogP contribution in [0.25, 0.3) is 0 Å². The van der Waals surface area contributed by atoms with Crippen LogP contribution in [0.1, 0.15) is 6.42 Å². The first-order chi connectivity index (χ1) is 5.77. The van der Waals surface area contributed by atoms with Crippen molar-refractivity contribution in [1.82, 2.24) is 10.2 Å². The second kappa shape index (κ2) is 4.42. The number of hydrogen-bond donors (Lipinski definition) is 1. The summed E-state index contributed by atoms with van der Waals surface area (Å²) in [6.07, 6.45) is 1.05. The summed E-state index contributed by atoms with van der Waals surface area (Å²) >= 11 is 0. The minimum Gasteiger partial charge on any atom is -0.375 e. The summed E-state index contributed by atoms with van der Waals surface area (Å²) in [4.78, 5) is 13.1. The molecule has 0 aromatic carbocycles. The van der Waals surface area contributed by atoms with Crippen molar-refractivity contribution in [3.8, 4) is 0 Å². The van der Waals surface area contributed by atoms with Gasteiger partial charge in [-0.2, -0.15) is 0 Å². The molecule has 70 valence electrons. The molecule has 0 radical (unpaired) electrons. The van der Waals surface area contributed by atoms with E-state index in [0.717, 1.165) is 19.5 Å². The van der Waals surface area contributed by atoms with Gasteiger partial charge >= 0.3 is 0 Å². The predicted octanol–water partition coefficient (Wildman–Crippen LogP) is -0.547. The van der Waals surface area contributed by atoms with Crippen LogP contribution < -0.4 is 5.32 Å². The second-order valence-electron chi connectivity index (χ2n) is 3.05. The van der Waals surface area contributed by atoms with E-state index in [1.54, 1.807) is 7.11 Å². The first kappa shape index (κ1) is 9.48. The van der Waals surface area contributed by atoms with Crippen molar-refractivity contribution >= 4 is 5.91 Å². The van der Waals surface area contributed by atoms with E-state index in [1.807, 2.05) is 11.9 Å². The number of likely N-dealkylation sites (N-methyl/N-ethyl adjacent to an activating group) is 1. The lowest BCUT2D eigenvalue weighted by Crippen LogP contribution is -2.35. The molecule has 1 heterocycles. The highest BCUT2D eigenvalue weighted by atomic mass is 16.5. The molecule has 0 bridgehead atoms. The van der Waals surface area contributed by atoms with Gasteiger partial charge in [-0.1, -0.05) is 0 Å². The van der Waals surface area contributed by atoms with E-state index in [4.69, 9.17) is 4.74 Å². The van der Waals surface area contributed by atoms with Crippen molar-refractivity contribution in [2.75, 3.05) is 33.9 Å². The van der Waals surface area contributed by atoms with E-state index in [9.17, 15) is 4.79 Å². The molecule has 1 amide bonds. The van der Waals surface area contributed by atoms with Crippen molar-refractivity contribution in [1.29, 1.82) is 0 Å². The van der Waals surface area contributed by atoms with Crippen LogP contribution in [0.3, 0.4) is 0 Å². The normalized spacial score (nSPS) is 23.2. The number of nitrogens with zero attached hydrogens (tertiary/aromatic N) is 1.